The van der Waals surface area contributed by atoms with Crippen molar-refractivity contribution in [2.75, 3.05) is 0 Å². The summed E-state index contributed by atoms with van der Waals surface area (Å²) in [5.41, 5.74) is 1.21. The summed E-state index contributed by atoms with van der Waals surface area (Å²) in [6.07, 6.45) is 4.09. The van der Waals surface area contributed by atoms with E-state index in [9.17, 15) is 0 Å². The highest BCUT2D eigenvalue weighted by Gasteiger charge is 2.02. The van der Waals surface area contributed by atoms with E-state index in [1.807, 2.05) is 6.33 Å². The summed E-state index contributed by atoms with van der Waals surface area (Å²) in [5, 5.41) is 0. The maximum Gasteiger partial charge on any atom is 0.241 e. The molecule has 1 heterocycles. The van der Waals surface area contributed by atoms with E-state index in [0.29, 0.717) is 6.04 Å². The van der Waals surface area contributed by atoms with Crippen molar-refractivity contribution in [3.63, 3.8) is 0 Å². The number of aromatic amines is 1. The van der Waals surface area contributed by atoms with Crippen LogP contribution < -0.4 is 4.57 Å². The summed E-state index contributed by atoms with van der Waals surface area (Å²) in [6, 6.07) is 0.565. The zero-order valence-corrected chi connectivity index (χ0v) is 6.18. The minimum absolute atomic E-state index is 0.565. The Morgan fingerprint density at radius 2 is 2.22 bits per heavy atom. The normalized spacial score (nSPS) is 10.7. The molecule has 0 radical (unpaired) electrons. The van der Waals surface area contributed by atoms with E-state index < -0.39 is 0 Å². The number of nitrogens with one attached hydrogen (secondary N) is 1. The van der Waals surface area contributed by atoms with Crippen molar-refractivity contribution in [3.8, 4) is 0 Å². The summed E-state index contributed by atoms with van der Waals surface area (Å²) in [7, 11) is 0. The smallest absolute Gasteiger partial charge is 0.241 e. The molecule has 0 aliphatic heterocycles. The molecule has 2 heteroatoms. The molecule has 2 nitrogen and oxygen atoms in total. The maximum absolute atomic E-state index is 3.11. The van der Waals surface area contributed by atoms with E-state index in [2.05, 4.69) is 36.5 Å². The first kappa shape index (κ1) is 6.33. The van der Waals surface area contributed by atoms with Gasteiger partial charge in [-0.2, -0.15) is 0 Å². The molecule has 0 unspecified atom stereocenters. The van der Waals surface area contributed by atoms with Gasteiger partial charge in [0, 0.05) is 6.92 Å². The molecular weight excluding hydrogens is 112 g/mol. The lowest BCUT2D eigenvalue weighted by Crippen LogP contribution is -2.32. The second-order valence-electron chi connectivity index (χ2n) is 2.63. The van der Waals surface area contributed by atoms with Gasteiger partial charge < -0.3 is 0 Å². The lowest BCUT2D eigenvalue weighted by Gasteiger charge is -1.95. The number of H-pyrrole nitrogens is 1. The molecule has 0 spiro atoms. The van der Waals surface area contributed by atoms with E-state index in [0.717, 1.165) is 0 Å². The second kappa shape index (κ2) is 2.21. The highest BCUT2D eigenvalue weighted by atomic mass is 15.0. The minimum atomic E-state index is 0.565. The van der Waals surface area contributed by atoms with Gasteiger partial charge in [0.15, 0.2) is 0 Å². The third kappa shape index (κ3) is 1.31. The quantitative estimate of drug-likeness (QED) is 0.544. The Kier molecular flexibility index (Phi) is 1.56. The van der Waals surface area contributed by atoms with Crippen molar-refractivity contribution in [3.05, 3.63) is 18.2 Å². The fourth-order valence-electron chi connectivity index (χ4n) is 0.773. The van der Waals surface area contributed by atoms with Crippen LogP contribution >= 0.6 is 0 Å². The standard InChI is InChI=1S/C7H12N2/c1-6(2)9-4-7(3)8-5-9/h4-6H,1-3H3/p+1. The van der Waals surface area contributed by atoms with Crippen LogP contribution in [0.5, 0.6) is 0 Å². The molecule has 0 bridgehead atoms. The van der Waals surface area contributed by atoms with Gasteiger partial charge in [-0.15, -0.1) is 0 Å². The van der Waals surface area contributed by atoms with Gasteiger partial charge in [0.25, 0.3) is 0 Å². The van der Waals surface area contributed by atoms with Crippen LogP contribution in [0.3, 0.4) is 0 Å². The van der Waals surface area contributed by atoms with Gasteiger partial charge in [0.2, 0.25) is 6.33 Å². The van der Waals surface area contributed by atoms with Gasteiger partial charge in [-0.3, -0.25) is 0 Å². The average molecular weight is 125 g/mol. The summed E-state index contributed by atoms with van der Waals surface area (Å²) >= 11 is 0. The fraction of sp³-hybridized carbons (Fsp3) is 0.571. The molecular formula is C7H13N2+. The van der Waals surface area contributed by atoms with Crippen LogP contribution in [0.15, 0.2) is 12.5 Å². The first-order valence-electron chi connectivity index (χ1n) is 3.26. The van der Waals surface area contributed by atoms with Gasteiger partial charge in [-0.05, 0) is 13.8 Å². The number of aryl methyl sites for hydroxylation is 1. The molecule has 0 saturated heterocycles. The first-order chi connectivity index (χ1) is 4.20. The first-order valence-corrected chi connectivity index (χ1v) is 3.26. The molecule has 1 aromatic rings. The molecule has 0 saturated carbocycles. The lowest BCUT2D eigenvalue weighted by molar-refractivity contribution is -0.715. The van der Waals surface area contributed by atoms with Crippen LogP contribution in [0.1, 0.15) is 25.6 Å². The molecule has 0 aliphatic rings. The monoisotopic (exact) mass is 125 g/mol. The SMILES string of the molecule is Cc1c[n+](C(C)C)c[nH]1. The largest absolute Gasteiger partial charge is 0.248 e. The van der Waals surface area contributed by atoms with E-state index in [-0.39, 0.29) is 0 Å². The Morgan fingerprint density at radius 1 is 1.56 bits per heavy atom. The number of aromatic nitrogens is 2. The highest BCUT2D eigenvalue weighted by Crippen LogP contribution is 1.91. The van der Waals surface area contributed by atoms with Crippen molar-refractivity contribution in [2.24, 2.45) is 0 Å². The van der Waals surface area contributed by atoms with E-state index in [1.54, 1.807) is 0 Å². The molecule has 0 amide bonds. The fourth-order valence-corrected chi connectivity index (χ4v) is 0.773. The number of hydrogen-bond donors (Lipinski definition) is 1. The van der Waals surface area contributed by atoms with Crippen LogP contribution in [-0.2, 0) is 0 Å². The molecule has 1 aromatic heterocycles. The number of hydrogen-bond acceptors (Lipinski definition) is 0. The van der Waals surface area contributed by atoms with Crippen molar-refractivity contribution in [2.45, 2.75) is 26.8 Å². The zero-order chi connectivity index (χ0) is 6.85. The van der Waals surface area contributed by atoms with Crippen molar-refractivity contribution < 1.29 is 4.57 Å². The van der Waals surface area contributed by atoms with Gasteiger partial charge in [-0.25, -0.2) is 9.55 Å². The van der Waals surface area contributed by atoms with Gasteiger partial charge >= 0.3 is 0 Å². The second-order valence-corrected chi connectivity index (χ2v) is 2.63. The van der Waals surface area contributed by atoms with Crippen LogP contribution in [0.25, 0.3) is 0 Å². The summed E-state index contributed by atoms with van der Waals surface area (Å²) in [5.74, 6) is 0. The summed E-state index contributed by atoms with van der Waals surface area (Å²) in [6.45, 7) is 6.37. The average Bonchev–Trinajstić information content (AvgIpc) is 2.14. The number of rotatable bonds is 1. The maximum atomic E-state index is 3.11. The Labute approximate surface area is 55.5 Å². The number of imidazole rings is 1. The lowest BCUT2D eigenvalue weighted by atomic mass is 10.4. The van der Waals surface area contributed by atoms with E-state index in [4.69, 9.17) is 0 Å². The third-order valence-electron chi connectivity index (χ3n) is 1.38. The molecule has 50 valence electrons. The molecule has 9 heavy (non-hydrogen) atoms. The summed E-state index contributed by atoms with van der Waals surface area (Å²) < 4.78 is 2.15. The van der Waals surface area contributed by atoms with Crippen molar-refractivity contribution >= 4 is 0 Å². The topological polar surface area (TPSA) is 19.7 Å². The third-order valence-corrected chi connectivity index (χ3v) is 1.38. The van der Waals surface area contributed by atoms with Crippen LogP contribution in [0.4, 0.5) is 0 Å². The Morgan fingerprint density at radius 3 is 2.44 bits per heavy atom. The summed E-state index contributed by atoms with van der Waals surface area (Å²) in [4.78, 5) is 3.11. The van der Waals surface area contributed by atoms with Crippen LogP contribution in [0, 0.1) is 6.92 Å². The van der Waals surface area contributed by atoms with Gasteiger partial charge in [-0.1, -0.05) is 0 Å². The number of nitrogens with zero attached hydrogens (tertiary/aromatic N) is 1. The molecule has 0 aliphatic carbocycles. The van der Waals surface area contributed by atoms with Crippen LogP contribution in [-0.4, -0.2) is 4.98 Å². The van der Waals surface area contributed by atoms with E-state index >= 15 is 0 Å². The molecule has 0 atom stereocenters. The Bertz CT molecular complexity index is 189. The predicted molar refractivity (Wildman–Crippen MR) is 36.1 cm³/mol. The molecule has 1 rings (SSSR count). The van der Waals surface area contributed by atoms with Crippen LogP contribution in [0.2, 0.25) is 0 Å². The predicted octanol–water partition coefficient (Wildman–Crippen LogP) is 1.19. The van der Waals surface area contributed by atoms with E-state index in [1.165, 1.54) is 5.69 Å². The van der Waals surface area contributed by atoms with Crippen molar-refractivity contribution in [1.82, 2.24) is 4.98 Å². The van der Waals surface area contributed by atoms with Crippen molar-refractivity contribution in [1.29, 1.82) is 0 Å². The minimum Gasteiger partial charge on any atom is -0.248 e. The highest BCUT2D eigenvalue weighted by molar-refractivity contribution is 4.82. The Balaban J connectivity index is 2.85. The molecule has 0 aromatic carbocycles. The molecule has 1 N–H and O–H groups in total. The van der Waals surface area contributed by atoms with Gasteiger partial charge in [0.05, 0.1) is 6.04 Å². The van der Waals surface area contributed by atoms with Gasteiger partial charge in [0.1, 0.15) is 11.9 Å². The Hall–Kier alpha value is -0.790. The zero-order valence-electron chi connectivity index (χ0n) is 6.18. The molecule has 0 fully saturated rings.